The lowest BCUT2D eigenvalue weighted by Gasteiger charge is -2.35. The quantitative estimate of drug-likeness (QED) is 0.837. The number of carbonyl (C=O) groups is 2. The molecule has 6 nitrogen and oxygen atoms in total. The Kier molecular flexibility index (Phi) is 4.89. The lowest BCUT2D eigenvalue weighted by atomic mass is 9.98. The number of pyridine rings is 1. The van der Waals surface area contributed by atoms with Crippen molar-refractivity contribution < 1.29 is 18.7 Å². The number of nitrogens with zero attached hydrogens (tertiary/aromatic N) is 2. The van der Waals surface area contributed by atoms with Crippen molar-refractivity contribution in [2.24, 2.45) is 0 Å². The SMILES string of the molecule is O=C(NC1CCCC1)[C@H]1CC[C@@H]2[C@@H](CCN2C(=O)c2ccnc(F)c2)O1. The first-order chi connectivity index (χ1) is 12.6. The molecule has 0 bridgehead atoms. The van der Waals surface area contributed by atoms with Gasteiger partial charge in [0.15, 0.2) is 0 Å². The van der Waals surface area contributed by atoms with Crippen molar-refractivity contribution in [3.63, 3.8) is 0 Å². The van der Waals surface area contributed by atoms with Gasteiger partial charge in [-0.05, 0) is 38.2 Å². The number of hydrogen-bond acceptors (Lipinski definition) is 4. The molecule has 3 fully saturated rings. The average Bonchev–Trinajstić information content (AvgIpc) is 3.30. The van der Waals surface area contributed by atoms with E-state index >= 15 is 0 Å². The van der Waals surface area contributed by atoms with Gasteiger partial charge in [-0.25, -0.2) is 4.98 Å². The summed E-state index contributed by atoms with van der Waals surface area (Å²) in [4.78, 5) is 30.4. The van der Waals surface area contributed by atoms with Crippen LogP contribution in [0.1, 0.15) is 55.3 Å². The van der Waals surface area contributed by atoms with E-state index < -0.39 is 12.1 Å². The van der Waals surface area contributed by atoms with E-state index in [9.17, 15) is 14.0 Å². The van der Waals surface area contributed by atoms with Gasteiger partial charge >= 0.3 is 0 Å². The number of aromatic nitrogens is 1. The minimum atomic E-state index is -0.657. The Hall–Kier alpha value is -2.02. The molecule has 1 aliphatic carbocycles. The normalized spacial score (nSPS) is 28.8. The highest BCUT2D eigenvalue weighted by atomic mass is 19.1. The Morgan fingerprint density at radius 1 is 1.19 bits per heavy atom. The molecule has 2 amide bonds. The summed E-state index contributed by atoms with van der Waals surface area (Å²) in [5.74, 6) is -0.872. The molecular weight excluding hydrogens is 337 g/mol. The van der Waals surface area contributed by atoms with Gasteiger partial charge in [-0.3, -0.25) is 9.59 Å². The standard InChI is InChI=1S/C19H24FN3O3/c20-17-11-12(7-9-21-17)19(25)23-10-8-15-14(23)5-6-16(26-15)18(24)22-13-3-1-2-4-13/h7,9,11,13-16H,1-6,8,10H2,(H,22,24)/t14-,15-,16-/m1/s1. The first kappa shape index (κ1) is 17.4. The molecule has 1 aromatic rings. The van der Waals surface area contributed by atoms with Gasteiger partial charge in [0.1, 0.15) is 6.10 Å². The monoisotopic (exact) mass is 361 g/mol. The number of amides is 2. The fraction of sp³-hybridized carbons (Fsp3) is 0.632. The highest BCUT2D eigenvalue weighted by Crippen LogP contribution is 2.33. The molecule has 1 aromatic heterocycles. The van der Waals surface area contributed by atoms with Crippen LogP contribution in [0.3, 0.4) is 0 Å². The van der Waals surface area contributed by atoms with Crippen molar-refractivity contribution in [3.05, 3.63) is 29.8 Å². The third kappa shape index (κ3) is 3.45. The highest BCUT2D eigenvalue weighted by molar-refractivity contribution is 5.94. The van der Waals surface area contributed by atoms with E-state index in [1.54, 1.807) is 4.90 Å². The summed E-state index contributed by atoms with van der Waals surface area (Å²) in [7, 11) is 0. The van der Waals surface area contributed by atoms with Crippen molar-refractivity contribution in [1.29, 1.82) is 0 Å². The van der Waals surface area contributed by atoms with E-state index in [1.807, 2.05) is 0 Å². The zero-order chi connectivity index (χ0) is 18.1. The summed E-state index contributed by atoms with van der Waals surface area (Å²) < 4.78 is 19.3. The summed E-state index contributed by atoms with van der Waals surface area (Å²) in [6.45, 7) is 0.565. The molecule has 1 saturated carbocycles. The molecule has 4 rings (SSSR count). The van der Waals surface area contributed by atoms with E-state index in [0.717, 1.165) is 25.3 Å². The van der Waals surface area contributed by atoms with Crippen LogP contribution in [-0.2, 0) is 9.53 Å². The van der Waals surface area contributed by atoms with Gasteiger partial charge in [0, 0.05) is 30.4 Å². The van der Waals surface area contributed by atoms with Crippen molar-refractivity contribution in [2.45, 2.75) is 69.2 Å². The molecule has 3 aliphatic rings. The first-order valence-electron chi connectivity index (χ1n) is 9.50. The van der Waals surface area contributed by atoms with E-state index in [0.29, 0.717) is 24.9 Å². The maximum Gasteiger partial charge on any atom is 0.254 e. The Labute approximate surface area is 152 Å². The molecule has 1 N–H and O–H groups in total. The minimum absolute atomic E-state index is 0.0173. The molecule has 3 heterocycles. The van der Waals surface area contributed by atoms with Gasteiger partial charge in [0.2, 0.25) is 11.9 Å². The van der Waals surface area contributed by atoms with Gasteiger partial charge in [0.25, 0.3) is 5.91 Å². The minimum Gasteiger partial charge on any atom is -0.363 e. The maximum absolute atomic E-state index is 13.3. The Balaban J connectivity index is 1.37. The molecule has 7 heteroatoms. The molecule has 26 heavy (non-hydrogen) atoms. The largest absolute Gasteiger partial charge is 0.363 e. The molecule has 2 aliphatic heterocycles. The fourth-order valence-electron chi connectivity index (χ4n) is 4.44. The first-order valence-corrected chi connectivity index (χ1v) is 9.50. The Bertz CT molecular complexity index is 692. The molecule has 140 valence electrons. The van der Waals surface area contributed by atoms with Crippen molar-refractivity contribution in [1.82, 2.24) is 15.2 Å². The van der Waals surface area contributed by atoms with Crippen LogP contribution in [0, 0.1) is 5.95 Å². The predicted molar refractivity (Wildman–Crippen MR) is 91.9 cm³/mol. The topological polar surface area (TPSA) is 71.5 Å². The second kappa shape index (κ2) is 7.31. The van der Waals surface area contributed by atoms with E-state index in [2.05, 4.69) is 10.3 Å². The van der Waals surface area contributed by atoms with Gasteiger partial charge in [0.05, 0.1) is 12.1 Å². The van der Waals surface area contributed by atoms with Crippen LogP contribution in [0.5, 0.6) is 0 Å². The van der Waals surface area contributed by atoms with Crippen LogP contribution in [0.15, 0.2) is 18.3 Å². The molecular formula is C19H24FN3O3. The molecule has 0 radical (unpaired) electrons. The van der Waals surface area contributed by atoms with E-state index in [1.165, 1.54) is 25.1 Å². The van der Waals surface area contributed by atoms with E-state index in [-0.39, 0.29) is 30.0 Å². The fourth-order valence-corrected chi connectivity index (χ4v) is 4.44. The molecule has 0 spiro atoms. The van der Waals surface area contributed by atoms with Gasteiger partial charge < -0.3 is 15.0 Å². The van der Waals surface area contributed by atoms with Gasteiger partial charge in [-0.15, -0.1) is 0 Å². The second-order valence-corrected chi connectivity index (χ2v) is 7.45. The molecule has 0 unspecified atom stereocenters. The maximum atomic E-state index is 13.3. The lowest BCUT2D eigenvalue weighted by molar-refractivity contribution is -0.143. The molecule has 3 atom stereocenters. The zero-order valence-electron chi connectivity index (χ0n) is 14.7. The third-order valence-corrected chi connectivity index (χ3v) is 5.78. The Morgan fingerprint density at radius 2 is 2.00 bits per heavy atom. The van der Waals surface area contributed by atoms with Crippen molar-refractivity contribution in [3.8, 4) is 0 Å². The molecule has 0 aromatic carbocycles. The summed E-state index contributed by atoms with van der Waals surface area (Å²) in [5.41, 5.74) is 0.305. The number of carbonyl (C=O) groups excluding carboxylic acids is 2. The third-order valence-electron chi connectivity index (χ3n) is 5.78. The van der Waals surface area contributed by atoms with Crippen LogP contribution in [0.2, 0.25) is 0 Å². The summed E-state index contributed by atoms with van der Waals surface area (Å²) in [6, 6.07) is 2.93. The van der Waals surface area contributed by atoms with Crippen molar-refractivity contribution in [2.75, 3.05) is 6.54 Å². The number of ether oxygens (including phenoxy) is 1. The van der Waals surface area contributed by atoms with Crippen LogP contribution >= 0.6 is 0 Å². The number of rotatable bonds is 3. The highest BCUT2D eigenvalue weighted by Gasteiger charge is 2.44. The predicted octanol–water partition coefficient (Wildman–Crippen LogP) is 2.04. The summed E-state index contributed by atoms with van der Waals surface area (Å²) in [6.07, 6.45) is 7.24. The van der Waals surface area contributed by atoms with Crippen LogP contribution in [0.25, 0.3) is 0 Å². The number of halogens is 1. The van der Waals surface area contributed by atoms with Gasteiger partial charge in [-0.2, -0.15) is 4.39 Å². The zero-order valence-corrected chi connectivity index (χ0v) is 14.7. The Morgan fingerprint density at radius 3 is 2.77 bits per heavy atom. The molecule has 2 saturated heterocycles. The number of likely N-dealkylation sites (tertiary alicyclic amines) is 1. The summed E-state index contributed by atoms with van der Waals surface area (Å²) in [5, 5.41) is 3.10. The van der Waals surface area contributed by atoms with Crippen LogP contribution in [-0.4, -0.2) is 52.5 Å². The van der Waals surface area contributed by atoms with Crippen LogP contribution < -0.4 is 5.32 Å². The van der Waals surface area contributed by atoms with Crippen LogP contribution in [0.4, 0.5) is 4.39 Å². The number of fused-ring (bicyclic) bond motifs is 1. The summed E-state index contributed by atoms with van der Waals surface area (Å²) >= 11 is 0. The number of hydrogen-bond donors (Lipinski definition) is 1. The number of nitrogens with one attached hydrogen (secondary N) is 1. The second-order valence-electron chi connectivity index (χ2n) is 7.45. The average molecular weight is 361 g/mol. The smallest absolute Gasteiger partial charge is 0.254 e. The lowest BCUT2D eigenvalue weighted by Crippen LogP contribution is -2.50. The van der Waals surface area contributed by atoms with Crippen molar-refractivity contribution >= 4 is 11.8 Å². The van der Waals surface area contributed by atoms with Gasteiger partial charge in [-0.1, -0.05) is 12.8 Å². The van der Waals surface area contributed by atoms with E-state index in [4.69, 9.17) is 4.74 Å².